The number of methoxy groups -OCH3 is 1. The number of benzene rings is 2. The second-order valence-corrected chi connectivity index (χ2v) is 7.20. The molecule has 0 N–H and O–H groups in total. The van der Waals surface area contributed by atoms with Gasteiger partial charge in [-0.3, -0.25) is 4.79 Å². The summed E-state index contributed by atoms with van der Waals surface area (Å²) in [5.41, 5.74) is 5.94. The van der Waals surface area contributed by atoms with Crippen LogP contribution in [-0.4, -0.2) is 44.5 Å². The summed E-state index contributed by atoms with van der Waals surface area (Å²) in [4.78, 5) is 22.7. The van der Waals surface area contributed by atoms with Gasteiger partial charge in [-0.2, -0.15) is 4.99 Å². The summed E-state index contributed by atoms with van der Waals surface area (Å²) in [6.45, 7) is 3.89. The molecule has 2 aromatic carbocycles. The average Bonchev–Trinajstić information content (AvgIpc) is 3.05. The Morgan fingerprint density at radius 2 is 1.85 bits per heavy atom. The molecule has 140 valence electrons. The highest BCUT2D eigenvalue weighted by molar-refractivity contribution is 6.13. The quantitative estimate of drug-likeness (QED) is 0.835. The minimum Gasteiger partial charge on any atom is -0.497 e. The van der Waals surface area contributed by atoms with E-state index in [2.05, 4.69) is 60.1 Å². The molecule has 2 heterocycles. The van der Waals surface area contributed by atoms with Gasteiger partial charge in [0.1, 0.15) is 12.3 Å². The van der Waals surface area contributed by atoms with Gasteiger partial charge in [0.2, 0.25) is 5.96 Å². The first kappa shape index (κ1) is 17.4. The van der Waals surface area contributed by atoms with E-state index in [4.69, 9.17) is 4.74 Å². The zero-order valence-electron chi connectivity index (χ0n) is 16.2. The molecule has 6 heteroatoms. The molecule has 0 aromatic heterocycles. The lowest BCUT2D eigenvalue weighted by atomic mass is 10.00. The maximum atomic E-state index is 12.1. The summed E-state index contributed by atoms with van der Waals surface area (Å²) in [6, 6.07) is 12.3. The molecule has 0 aliphatic carbocycles. The first-order chi connectivity index (χ1) is 13.0. The number of aliphatic imine (C=N–C) groups is 1. The van der Waals surface area contributed by atoms with E-state index in [1.165, 1.54) is 16.8 Å². The van der Waals surface area contributed by atoms with Gasteiger partial charge >= 0.3 is 0 Å². The zero-order chi connectivity index (χ0) is 19.1. The van der Waals surface area contributed by atoms with Crippen molar-refractivity contribution in [2.75, 3.05) is 37.5 Å². The van der Waals surface area contributed by atoms with E-state index in [-0.39, 0.29) is 5.91 Å². The Kier molecular flexibility index (Phi) is 4.26. The molecule has 0 fully saturated rings. The van der Waals surface area contributed by atoms with Gasteiger partial charge in [-0.25, -0.2) is 0 Å². The van der Waals surface area contributed by atoms with Crippen LogP contribution in [0.2, 0.25) is 0 Å². The number of fused-ring (bicyclic) bond motifs is 3. The van der Waals surface area contributed by atoms with Crippen LogP contribution in [0.25, 0.3) is 0 Å². The first-order valence-electron chi connectivity index (χ1n) is 9.04. The fourth-order valence-electron chi connectivity index (χ4n) is 3.85. The molecular weight excluding hydrogens is 340 g/mol. The van der Waals surface area contributed by atoms with Gasteiger partial charge in [0.15, 0.2) is 0 Å². The molecule has 0 atom stereocenters. The van der Waals surface area contributed by atoms with Crippen molar-refractivity contribution in [1.82, 2.24) is 4.90 Å². The third kappa shape index (κ3) is 3.01. The average molecular weight is 364 g/mol. The summed E-state index contributed by atoms with van der Waals surface area (Å²) < 4.78 is 5.25. The summed E-state index contributed by atoms with van der Waals surface area (Å²) in [5.74, 6) is 1.50. The highest BCUT2D eigenvalue weighted by Gasteiger charge is 2.35. The van der Waals surface area contributed by atoms with Crippen molar-refractivity contribution in [2.24, 2.45) is 4.99 Å². The molecule has 0 saturated carbocycles. The van der Waals surface area contributed by atoms with Crippen molar-refractivity contribution < 1.29 is 9.53 Å². The number of ether oxygens (including phenoxy) is 1. The number of carbonyl (C=O) groups excluding carboxylic acids is 1. The summed E-state index contributed by atoms with van der Waals surface area (Å²) in [6.07, 6.45) is 0. The van der Waals surface area contributed by atoms with Crippen LogP contribution in [0.4, 0.5) is 11.4 Å². The summed E-state index contributed by atoms with van der Waals surface area (Å²) in [5, 5.41) is 0. The minimum absolute atomic E-state index is 0.0908. The molecule has 0 bridgehead atoms. The van der Waals surface area contributed by atoms with Crippen molar-refractivity contribution in [3.63, 3.8) is 0 Å². The van der Waals surface area contributed by atoms with Gasteiger partial charge in [0.25, 0.3) is 5.91 Å². The Morgan fingerprint density at radius 3 is 2.52 bits per heavy atom. The zero-order valence-corrected chi connectivity index (χ0v) is 16.2. The number of carbonyl (C=O) groups is 1. The lowest BCUT2D eigenvalue weighted by molar-refractivity contribution is -0.115. The number of nitrogens with zero attached hydrogens (tertiary/aromatic N) is 4. The number of guanidine groups is 1. The van der Waals surface area contributed by atoms with Crippen LogP contribution in [0, 0.1) is 6.92 Å². The maximum absolute atomic E-state index is 12.1. The Labute approximate surface area is 159 Å². The van der Waals surface area contributed by atoms with Gasteiger partial charge in [0, 0.05) is 44.1 Å². The van der Waals surface area contributed by atoms with Crippen LogP contribution < -0.4 is 14.5 Å². The largest absolute Gasteiger partial charge is 0.497 e. The van der Waals surface area contributed by atoms with Crippen LogP contribution in [0.15, 0.2) is 41.4 Å². The standard InChI is InChI=1S/C21H24N4O2/c1-14-17-12-24(11-15-5-7-16(27-4)8-6-15)21-22-20(26)13-25(21)19(17)10-9-18(14)23(2)3/h5-10H,11-13H2,1-4H3. The normalized spacial score (nSPS) is 15.4. The first-order valence-corrected chi connectivity index (χ1v) is 9.04. The number of hydrogen-bond donors (Lipinski definition) is 0. The number of hydrogen-bond acceptors (Lipinski definition) is 5. The summed E-state index contributed by atoms with van der Waals surface area (Å²) >= 11 is 0. The van der Waals surface area contributed by atoms with E-state index in [0.717, 1.165) is 29.5 Å². The molecule has 0 unspecified atom stereocenters. The number of rotatable bonds is 4. The Morgan fingerprint density at radius 1 is 1.11 bits per heavy atom. The monoisotopic (exact) mass is 364 g/mol. The summed E-state index contributed by atoms with van der Waals surface area (Å²) in [7, 11) is 5.77. The second kappa shape index (κ2) is 6.61. The van der Waals surface area contributed by atoms with Crippen LogP contribution in [0.1, 0.15) is 16.7 Å². The molecule has 0 saturated heterocycles. The molecule has 6 nitrogen and oxygen atoms in total. The molecule has 1 amide bonds. The van der Waals surface area contributed by atoms with Crippen LogP contribution in [0.3, 0.4) is 0 Å². The van der Waals surface area contributed by atoms with E-state index >= 15 is 0 Å². The third-order valence-corrected chi connectivity index (χ3v) is 5.24. The smallest absolute Gasteiger partial charge is 0.268 e. The highest BCUT2D eigenvalue weighted by Crippen LogP contribution is 2.37. The van der Waals surface area contributed by atoms with Crippen molar-refractivity contribution >= 4 is 23.2 Å². The molecule has 0 radical (unpaired) electrons. The number of anilines is 2. The molecule has 2 aliphatic heterocycles. The van der Waals surface area contributed by atoms with Crippen molar-refractivity contribution in [3.05, 3.63) is 53.1 Å². The van der Waals surface area contributed by atoms with E-state index < -0.39 is 0 Å². The third-order valence-electron chi connectivity index (χ3n) is 5.24. The van der Waals surface area contributed by atoms with Crippen molar-refractivity contribution in [1.29, 1.82) is 0 Å². The van der Waals surface area contributed by atoms with Crippen molar-refractivity contribution in [2.45, 2.75) is 20.0 Å². The predicted octanol–water partition coefficient (Wildman–Crippen LogP) is 2.79. The lowest BCUT2D eigenvalue weighted by Crippen LogP contribution is -2.46. The molecule has 2 aromatic rings. The fourth-order valence-corrected chi connectivity index (χ4v) is 3.85. The van der Waals surface area contributed by atoms with Gasteiger partial charge < -0.3 is 19.4 Å². The van der Waals surface area contributed by atoms with E-state index in [1.54, 1.807) is 7.11 Å². The fraction of sp³-hybridized carbons (Fsp3) is 0.333. The van der Waals surface area contributed by atoms with Gasteiger partial charge in [-0.1, -0.05) is 12.1 Å². The molecule has 4 rings (SSSR count). The maximum Gasteiger partial charge on any atom is 0.268 e. The van der Waals surface area contributed by atoms with Gasteiger partial charge in [-0.15, -0.1) is 0 Å². The molecule has 2 aliphatic rings. The Balaban J connectivity index is 1.72. The second-order valence-electron chi connectivity index (χ2n) is 7.20. The SMILES string of the molecule is COc1ccc(CN2Cc3c(ccc(N(C)C)c3C)N3CC(=O)N=C23)cc1. The van der Waals surface area contributed by atoms with E-state index in [0.29, 0.717) is 13.1 Å². The molecule has 0 spiro atoms. The van der Waals surface area contributed by atoms with Crippen LogP contribution >= 0.6 is 0 Å². The van der Waals surface area contributed by atoms with E-state index in [1.807, 2.05) is 17.0 Å². The molecule has 27 heavy (non-hydrogen) atoms. The molecular formula is C21H24N4O2. The highest BCUT2D eigenvalue weighted by atomic mass is 16.5. The van der Waals surface area contributed by atoms with Crippen molar-refractivity contribution in [3.8, 4) is 5.75 Å². The van der Waals surface area contributed by atoms with Gasteiger partial charge in [0.05, 0.1) is 7.11 Å². The van der Waals surface area contributed by atoms with E-state index in [9.17, 15) is 4.79 Å². The lowest BCUT2D eigenvalue weighted by Gasteiger charge is -2.38. The van der Waals surface area contributed by atoms with Crippen LogP contribution in [-0.2, 0) is 17.9 Å². The minimum atomic E-state index is -0.0908. The van der Waals surface area contributed by atoms with Crippen LogP contribution in [0.5, 0.6) is 5.75 Å². The van der Waals surface area contributed by atoms with Gasteiger partial charge in [-0.05, 0) is 42.3 Å². The predicted molar refractivity (Wildman–Crippen MR) is 108 cm³/mol. The Bertz CT molecular complexity index is 919. The number of amides is 1. The topological polar surface area (TPSA) is 48.4 Å². The Hall–Kier alpha value is -3.02.